The Bertz CT molecular complexity index is 846. The highest BCUT2D eigenvalue weighted by molar-refractivity contribution is 9.10. The molecule has 0 aliphatic carbocycles. The van der Waals surface area contributed by atoms with Gasteiger partial charge in [-0.2, -0.15) is 5.26 Å². The number of hydrogen-bond acceptors (Lipinski definition) is 4. The SMILES string of the molecule is N#C/C(=C\c1ccncc1)c1nc(-c2ccc(Br)cc2)cs1. The highest BCUT2D eigenvalue weighted by Gasteiger charge is 2.09. The van der Waals surface area contributed by atoms with Gasteiger partial charge in [0.05, 0.1) is 11.3 Å². The fourth-order valence-corrected chi connectivity index (χ4v) is 2.98. The molecule has 0 saturated carbocycles. The molecule has 0 aliphatic rings. The fourth-order valence-electron chi connectivity index (χ4n) is 1.92. The fraction of sp³-hybridized carbons (Fsp3) is 0. The van der Waals surface area contributed by atoms with Crippen LogP contribution in [0.5, 0.6) is 0 Å². The van der Waals surface area contributed by atoms with E-state index in [2.05, 4.69) is 32.0 Å². The average molecular weight is 368 g/mol. The Morgan fingerprint density at radius 2 is 1.86 bits per heavy atom. The first-order chi connectivity index (χ1) is 10.8. The van der Waals surface area contributed by atoms with Crippen LogP contribution in [0.3, 0.4) is 0 Å². The van der Waals surface area contributed by atoms with Crippen LogP contribution in [0.15, 0.2) is 58.6 Å². The second-order valence-corrected chi connectivity index (χ2v) is 6.27. The van der Waals surface area contributed by atoms with Gasteiger partial charge in [0, 0.05) is 27.8 Å². The Labute approximate surface area is 140 Å². The van der Waals surface area contributed by atoms with E-state index in [1.807, 2.05) is 47.9 Å². The predicted molar refractivity (Wildman–Crippen MR) is 93.0 cm³/mol. The van der Waals surface area contributed by atoms with Gasteiger partial charge in [0.25, 0.3) is 0 Å². The number of nitriles is 1. The lowest BCUT2D eigenvalue weighted by Gasteiger charge is -1.97. The van der Waals surface area contributed by atoms with Gasteiger partial charge in [-0.05, 0) is 35.9 Å². The van der Waals surface area contributed by atoms with Crippen LogP contribution in [-0.2, 0) is 0 Å². The van der Waals surface area contributed by atoms with E-state index in [1.165, 1.54) is 11.3 Å². The van der Waals surface area contributed by atoms with Crippen molar-refractivity contribution in [3.8, 4) is 17.3 Å². The van der Waals surface area contributed by atoms with Crippen molar-refractivity contribution >= 4 is 38.9 Å². The highest BCUT2D eigenvalue weighted by atomic mass is 79.9. The molecule has 2 aromatic heterocycles. The summed E-state index contributed by atoms with van der Waals surface area (Å²) < 4.78 is 1.03. The molecule has 0 atom stereocenters. The van der Waals surface area contributed by atoms with Crippen LogP contribution in [-0.4, -0.2) is 9.97 Å². The zero-order valence-corrected chi connectivity index (χ0v) is 13.8. The third-order valence-electron chi connectivity index (χ3n) is 3.01. The monoisotopic (exact) mass is 367 g/mol. The zero-order chi connectivity index (χ0) is 15.4. The quantitative estimate of drug-likeness (QED) is 0.609. The number of allylic oxidation sites excluding steroid dienone is 1. The molecule has 3 nitrogen and oxygen atoms in total. The highest BCUT2D eigenvalue weighted by Crippen LogP contribution is 2.27. The van der Waals surface area contributed by atoms with Crippen molar-refractivity contribution in [3.05, 3.63) is 69.2 Å². The largest absolute Gasteiger partial charge is 0.265 e. The Balaban J connectivity index is 1.94. The number of aromatic nitrogens is 2. The molecule has 0 radical (unpaired) electrons. The molecule has 0 aliphatic heterocycles. The molecule has 0 bridgehead atoms. The van der Waals surface area contributed by atoms with E-state index in [4.69, 9.17) is 0 Å². The lowest BCUT2D eigenvalue weighted by atomic mass is 10.1. The van der Waals surface area contributed by atoms with E-state index in [0.717, 1.165) is 26.3 Å². The minimum absolute atomic E-state index is 0.555. The Morgan fingerprint density at radius 1 is 1.14 bits per heavy atom. The van der Waals surface area contributed by atoms with Crippen LogP contribution >= 0.6 is 27.3 Å². The van der Waals surface area contributed by atoms with Gasteiger partial charge in [0.2, 0.25) is 0 Å². The van der Waals surface area contributed by atoms with Crippen molar-refractivity contribution in [2.24, 2.45) is 0 Å². The normalized spacial score (nSPS) is 11.2. The number of rotatable bonds is 3. The Morgan fingerprint density at radius 3 is 2.55 bits per heavy atom. The van der Waals surface area contributed by atoms with Crippen LogP contribution in [0.4, 0.5) is 0 Å². The van der Waals surface area contributed by atoms with Crippen molar-refractivity contribution < 1.29 is 0 Å². The maximum Gasteiger partial charge on any atom is 0.134 e. The minimum Gasteiger partial charge on any atom is -0.265 e. The lowest BCUT2D eigenvalue weighted by Crippen LogP contribution is -1.83. The summed E-state index contributed by atoms with van der Waals surface area (Å²) in [6.07, 6.45) is 5.23. The summed E-state index contributed by atoms with van der Waals surface area (Å²) in [6.45, 7) is 0. The van der Waals surface area contributed by atoms with Crippen LogP contribution < -0.4 is 0 Å². The molecule has 0 fully saturated rings. The summed E-state index contributed by atoms with van der Waals surface area (Å²) in [4.78, 5) is 8.55. The number of pyridine rings is 1. The van der Waals surface area contributed by atoms with E-state index in [1.54, 1.807) is 12.4 Å². The smallest absolute Gasteiger partial charge is 0.134 e. The van der Waals surface area contributed by atoms with Gasteiger partial charge < -0.3 is 0 Å². The van der Waals surface area contributed by atoms with E-state index in [9.17, 15) is 5.26 Å². The maximum absolute atomic E-state index is 9.38. The van der Waals surface area contributed by atoms with E-state index in [-0.39, 0.29) is 0 Å². The maximum atomic E-state index is 9.38. The van der Waals surface area contributed by atoms with Gasteiger partial charge in [-0.3, -0.25) is 4.98 Å². The average Bonchev–Trinajstić information content (AvgIpc) is 3.04. The summed E-state index contributed by atoms with van der Waals surface area (Å²) in [5.41, 5.74) is 3.40. The summed E-state index contributed by atoms with van der Waals surface area (Å²) in [6, 6.07) is 13.9. The lowest BCUT2D eigenvalue weighted by molar-refractivity contribution is 1.32. The van der Waals surface area contributed by atoms with Gasteiger partial charge in [-0.15, -0.1) is 11.3 Å². The van der Waals surface area contributed by atoms with Gasteiger partial charge >= 0.3 is 0 Å². The molecule has 2 heterocycles. The Kier molecular flexibility index (Phi) is 4.42. The number of thiazole rings is 1. The molecule has 3 rings (SSSR count). The molecule has 0 spiro atoms. The van der Waals surface area contributed by atoms with Crippen molar-refractivity contribution in [2.75, 3.05) is 0 Å². The molecule has 0 unspecified atom stereocenters. The van der Waals surface area contributed by atoms with Crippen molar-refractivity contribution in [1.82, 2.24) is 9.97 Å². The molecule has 1 aromatic carbocycles. The molecule has 0 saturated heterocycles. The zero-order valence-electron chi connectivity index (χ0n) is 11.4. The molecule has 5 heteroatoms. The summed E-state index contributed by atoms with van der Waals surface area (Å²) >= 11 is 4.89. The summed E-state index contributed by atoms with van der Waals surface area (Å²) in [5.74, 6) is 0. The predicted octanol–water partition coefficient (Wildman–Crippen LogP) is 5.03. The molecular formula is C17H10BrN3S. The standard InChI is InChI=1S/C17H10BrN3S/c18-15-3-1-13(2-4-15)16-11-22-17(21-16)14(10-19)9-12-5-7-20-8-6-12/h1-9,11H/b14-9+. The first-order valence-corrected chi connectivity index (χ1v) is 8.17. The Hall–Kier alpha value is -2.29. The molecule has 22 heavy (non-hydrogen) atoms. The minimum atomic E-state index is 0.555. The summed E-state index contributed by atoms with van der Waals surface area (Å²) in [7, 11) is 0. The van der Waals surface area contributed by atoms with Crippen LogP contribution in [0, 0.1) is 11.3 Å². The van der Waals surface area contributed by atoms with Crippen molar-refractivity contribution in [1.29, 1.82) is 5.26 Å². The third kappa shape index (κ3) is 3.30. The van der Waals surface area contributed by atoms with E-state index >= 15 is 0 Å². The van der Waals surface area contributed by atoms with Gasteiger partial charge in [-0.25, -0.2) is 4.98 Å². The number of benzene rings is 1. The molecule has 106 valence electrons. The number of halogens is 1. The van der Waals surface area contributed by atoms with E-state index in [0.29, 0.717) is 5.57 Å². The molecule has 0 amide bonds. The van der Waals surface area contributed by atoms with Crippen molar-refractivity contribution in [3.63, 3.8) is 0 Å². The van der Waals surface area contributed by atoms with Gasteiger partial charge in [0.1, 0.15) is 11.1 Å². The first-order valence-electron chi connectivity index (χ1n) is 6.50. The molecule has 0 N–H and O–H groups in total. The second kappa shape index (κ2) is 6.65. The number of hydrogen-bond donors (Lipinski definition) is 0. The van der Waals surface area contributed by atoms with Gasteiger partial charge in [0.15, 0.2) is 0 Å². The third-order valence-corrected chi connectivity index (χ3v) is 4.42. The van der Waals surface area contributed by atoms with Gasteiger partial charge in [-0.1, -0.05) is 28.1 Å². The van der Waals surface area contributed by atoms with Crippen LogP contribution in [0.1, 0.15) is 10.6 Å². The van der Waals surface area contributed by atoms with Crippen LogP contribution in [0.25, 0.3) is 22.9 Å². The second-order valence-electron chi connectivity index (χ2n) is 4.50. The van der Waals surface area contributed by atoms with Crippen LogP contribution in [0.2, 0.25) is 0 Å². The molecule has 3 aromatic rings. The topological polar surface area (TPSA) is 49.6 Å². The summed E-state index contributed by atoms with van der Waals surface area (Å²) in [5, 5.41) is 12.1. The van der Waals surface area contributed by atoms with E-state index < -0.39 is 0 Å². The first kappa shape index (κ1) is 14.6. The van der Waals surface area contributed by atoms with Crippen molar-refractivity contribution in [2.45, 2.75) is 0 Å². The molecular weight excluding hydrogens is 358 g/mol. The number of nitrogens with zero attached hydrogens (tertiary/aromatic N) is 3.